The van der Waals surface area contributed by atoms with Crippen LogP contribution in [0.1, 0.15) is 15.9 Å². The number of alkyl halides is 1. The Kier molecular flexibility index (Phi) is 3.14. The van der Waals surface area contributed by atoms with E-state index in [1.54, 1.807) is 22.7 Å². The maximum absolute atomic E-state index is 6.44. The highest BCUT2D eigenvalue weighted by atomic mass is 35.5. The van der Waals surface area contributed by atoms with Crippen LogP contribution in [0.5, 0.6) is 0 Å². The summed E-state index contributed by atoms with van der Waals surface area (Å²) in [5.74, 6) is 0. The van der Waals surface area contributed by atoms with E-state index in [4.69, 9.17) is 11.6 Å². The van der Waals surface area contributed by atoms with Crippen LogP contribution >= 0.6 is 34.3 Å². The van der Waals surface area contributed by atoms with Gasteiger partial charge in [0.1, 0.15) is 0 Å². The van der Waals surface area contributed by atoms with Crippen molar-refractivity contribution in [2.45, 2.75) is 11.8 Å². The third-order valence-electron chi connectivity index (χ3n) is 2.58. The van der Waals surface area contributed by atoms with Gasteiger partial charge in [0.25, 0.3) is 0 Å². The molecule has 0 aliphatic heterocycles. The van der Waals surface area contributed by atoms with Crippen LogP contribution in [0.25, 0.3) is 9.40 Å². The first-order chi connectivity index (χ1) is 8.33. The van der Waals surface area contributed by atoms with Crippen molar-refractivity contribution in [3.8, 4) is 0 Å². The van der Waals surface area contributed by atoms with Crippen molar-refractivity contribution >= 4 is 43.7 Å². The SMILES string of the molecule is ClC(Cc1ccccn1)c1cc2sccc2s1. The van der Waals surface area contributed by atoms with E-state index < -0.39 is 0 Å². The molecular weight excluding hydrogens is 270 g/mol. The maximum atomic E-state index is 6.44. The second kappa shape index (κ2) is 4.77. The summed E-state index contributed by atoms with van der Waals surface area (Å²) in [6, 6.07) is 10.3. The fourth-order valence-electron chi connectivity index (χ4n) is 1.74. The molecule has 1 unspecified atom stereocenters. The molecule has 4 heteroatoms. The summed E-state index contributed by atoms with van der Waals surface area (Å²) in [6.07, 6.45) is 2.60. The van der Waals surface area contributed by atoms with Crippen LogP contribution in [-0.2, 0) is 6.42 Å². The zero-order valence-corrected chi connectivity index (χ0v) is 11.4. The summed E-state index contributed by atoms with van der Waals surface area (Å²) in [5, 5.41) is 2.14. The zero-order chi connectivity index (χ0) is 11.7. The Labute approximate surface area is 113 Å². The van der Waals surface area contributed by atoms with Crippen molar-refractivity contribution in [3.63, 3.8) is 0 Å². The lowest BCUT2D eigenvalue weighted by atomic mass is 10.2. The van der Waals surface area contributed by atoms with Crippen molar-refractivity contribution in [3.05, 3.63) is 52.5 Å². The highest BCUT2D eigenvalue weighted by molar-refractivity contribution is 7.27. The van der Waals surface area contributed by atoms with Crippen molar-refractivity contribution in [2.75, 3.05) is 0 Å². The van der Waals surface area contributed by atoms with Gasteiger partial charge >= 0.3 is 0 Å². The molecule has 1 nitrogen and oxygen atoms in total. The van der Waals surface area contributed by atoms with Crippen molar-refractivity contribution in [1.82, 2.24) is 4.98 Å². The van der Waals surface area contributed by atoms with Crippen molar-refractivity contribution in [2.24, 2.45) is 0 Å². The van der Waals surface area contributed by atoms with Crippen LogP contribution < -0.4 is 0 Å². The van der Waals surface area contributed by atoms with Gasteiger partial charge in [-0.25, -0.2) is 0 Å². The van der Waals surface area contributed by atoms with Gasteiger partial charge in [0.05, 0.1) is 5.38 Å². The summed E-state index contributed by atoms with van der Waals surface area (Å²) in [4.78, 5) is 5.54. The molecule has 3 aromatic heterocycles. The van der Waals surface area contributed by atoms with Crippen LogP contribution in [0.2, 0.25) is 0 Å². The van der Waals surface area contributed by atoms with Crippen LogP contribution in [0.3, 0.4) is 0 Å². The Morgan fingerprint density at radius 2 is 2.18 bits per heavy atom. The third-order valence-corrected chi connectivity index (χ3v) is 5.31. The van der Waals surface area contributed by atoms with E-state index in [0.717, 1.165) is 12.1 Å². The fraction of sp³-hybridized carbons (Fsp3) is 0.154. The summed E-state index contributed by atoms with van der Waals surface area (Å²) in [5.41, 5.74) is 1.05. The Morgan fingerprint density at radius 1 is 1.24 bits per heavy atom. The third kappa shape index (κ3) is 2.37. The second-order valence-corrected chi connectivity index (χ2v) is 6.38. The average Bonchev–Trinajstić information content (AvgIpc) is 2.90. The maximum Gasteiger partial charge on any atom is 0.0734 e. The standard InChI is InChI=1S/C13H10ClNS2/c14-10(7-9-3-1-2-5-15-9)12-8-13-11(17-12)4-6-16-13/h1-6,8,10H,7H2. The smallest absolute Gasteiger partial charge is 0.0734 e. The summed E-state index contributed by atoms with van der Waals surface area (Å²) >= 11 is 9.99. The molecule has 0 saturated heterocycles. The number of halogens is 1. The number of pyridine rings is 1. The molecule has 0 amide bonds. The molecular formula is C13H10ClNS2. The van der Waals surface area contributed by atoms with Gasteiger partial charge in [-0.1, -0.05) is 6.07 Å². The van der Waals surface area contributed by atoms with E-state index in [0.29, 0.717) is 0 Å². The minimum atomic E-state index is 0.0227. The van der Waals surface area contributed by atoms with Gasteiger partial charge in [0.15, 0.2) is 0 Å². The summed E-state index contributed by atoms with van der Waals surface area (Å²) in [6.45, 7) is 0. The highest BCUT2D eigenvalue weighted by Gasteiger charge is 2.13. The molecule has 3 heterocycles. The molecule has 3 aromatic rings. The summed E-state index contributed by atoms with van der Waals surface area (Å²) in [7, 11) is 0. The first kappa shape index (κ1) is 11.2. The molecule has 0 aliphatic carbocycles. The van der Waals surface area contributed by atoms with Gasteiger partial charge in [-0.15, -0.1) is 34.3 Å². The van der Waals surface area contributed by atoms with E-state index >= 15 is 0 Å². The molecule has 0 spiro atoms. The predicted octanol–water partition coefficient (Wildman–Crippen LogP) is 4.88. The van der Waals surface area contributed by atoms with Gasteiger partial charge in [0.2, 0.25) is 0 Å². The predicted molar refractivity (Wildman–Crippen MR) is 76.2 cm³/mol. The zero-order valence-electron chi connectivity index (χ0n) is 8.97. The van der Waals surface area contributed by atoms with Crippen LogP contribution in [0, 0.1) is 0 Å². The van der Waals surface area contributed by atoms with Crippen LogP contribution in [0.15, 0.2) is 41.9 Å². The Morgan fingerprint density at radius 3 is 2.94 bits per heavy atom. The molecule has 0 fully saturated rings. The normalized spacial score (nSPS) is 13.0. The van der Waals surface area contributed by atoms with Crippen molar-refractivity contribution < 1.29 is 0 Å². The number of thiophene rings is 2. The first-order valence-electron chi connectivity index (χ1n) is 5.34. The van der Waals surface area contributed by atoms with Crippen LogP contribution in [-0.4, -0.2) is 4.98 Å². The van der Waals surface area contributed by atoms with Gasteiger partial charge in [0, 0.05) is 32.6 Å². The molecule has 0 N–H and O–H groups in total. The molecule has 86 valence electrons. The number of fused-ring (bicyclic) bond motifs is 1. The molecule has 0 aromatic carbocycles. The largest absolute Gasteiger partial charge is 0.261 e. The topological polar surface area (TPSA) is 12.9 Å². The molecule has 0 saturated carbocycles. The van der Waals surface area contributed by atoms with Gasteiger partial charge < -0.3 is 0 Å². The van der Waals surface area contributed by atoms with Gasteiger partial charge in [-0.3, -0.25) is 4.98 Å². The number of nitrogens with zero attached hydrogens (tertiary/aromatic N) is 1. The first-order valence-corrected chi connectivity index (χ1v) is 7.47. The molecule has 17 heavy (non-hydrogen) atoms. The Bertz CT molecular complexity index is 586. The lowest BCUT2D eigenvalue weighted by Gasteiger charge is -2.05. The highest BCUT2D eigenvalue weighted by Crippen LogP contribution is 2.36. The average molecular weight is 280 g/mol. The number of rotatable bonds is 3. The van der Waals surface area contributed by atoms with E-state index in [-0.39, 0.29) is 5.38 Å². The van der Waals surface area contributed by atoms with Gasteiger partial charge in [-0.05, 0) is 29.6 Å². The van der Waals surface area contributed by atoms with E-state index in [1.165, 1.54) is 14.3 Å². The molecule has 0 radical (unpaired) electrons. The minimum Gasteiger partial charge on any atom is -0.261 e. The monoisotopic (exact) mass is 279 g/mol. The Hall–Kier alpha value is -0.900. The minimum absolute atomic E-state index is 0.0227. The van der Waals surface area contributed by atoms with Crippen LogP contribution in [0.4, 0.5) is 0 Å². The number of hydrogen-bond donors (Lipinski definition) is 0. The van der Waals surface area contributed by atoms with E-state index in [2.05, 4.69) is 22.5 Å². The molecule has 0 aliphatic rings. The second-order valence-electron chi connectivity index (χ2n) is 3.79. The Balaban J connectivity index is 1.82. The fourth-order valence-corrected chi connectivity index (χ4v) is 4.19. The summed E-state index contributed by atoms with van der Waals surface area (Å²) < 4.78 is 2.66. The lowest BCUT2D eigenvalue weighted by molar-refractivity contribution is 0.897. The molecule has 3 rings (SSSR count). The number of aromatic nitrogens is 1. The quantitative estimate of drug-likeness (QED) is 0.623. The molecule has 0 bridgehead atoms. The van der Waals surface area contributed by atoms with Gasteiger partial charge in [-0.2, -0.15) is 0 Å². The molecule has 1 atom stereocenters. The van der Waals surface area contributed by atoms with E-state index in [9.17, 15) is 0 Å². The number of hydrogen-bond acceptors (Lipinski definition) is 3. The lowest BCUT2D eigenvalue weighted by Crippen LogP contribution is -1.95. The van der Waals surface area contributed by atoms with Crippen molar-refractivity contribution in [1.29, 1.82) is 0 Å². The van der Waals surface area contributed by atoms with E-state index in [1.807, 2.05) is 24.4 Å².